The predicted molar refractivity (Wildman–Crippen MR) is 95.7 cm³/mol. The number of hydrogen-bond donors (Lipinski definition) is 2. The molecule has 0 bridgehead atoms. The Balaban J connectivity index is 1.73. The zero-order chi connectivity index (χ0) is 19.4. The number of halogens is 4. The number of nitrogens with one attached hydrogen (secondary N) is 2. The summed E-state index contributed by atoms with van der Waals surface area (Å²) in [6.07, 6.45) is 1.11. The van der Waals surface area contributed by atoms with E-state index in [2.05, 4.69) is 5.32 Å². The molecule has 1 aromatic carbocycles. The lowest BCUT2D eigenvalue weighted by atomic mass is 10.1. The number of allylic oxidation sites excluding steroid dienone is 3. The minimum absolute atomic E-state index is 0.0853. The summed E-state index contributed by atoms with van der Waals surface area (Å²) in [5, 5.41) is 10.7. The molecule has 0 saturated heterocycles. The lowest BCUT2D eigenvalue weighted by Crippen LogP contribution is -2.23. The van der Waals surface area contributed by atoms with Gasteiger partial charge in [-0.15, -0.1) is 0 Å². The van der Waals surface area contributed by atoms with Crippen LogP contribution in [0.4, 0.5) is 23.2 Å². The molecule has 1 aromatic rings. The fourth-order valence-electron chi connectivity index (χ4n) is 2.92. The third-order valence-corrected chi connectivity index (χ3v) is 4.23. The molecule has 0 saturated carbocycles. The molecule has 2 N–H and O–H groups in total. The van der Waals surface area contributed by atoms with E-state index in [9.17, 15) is 17.6 Å². The summed E-state index contributed by atoms with van der Waals surface area (Å²) >= 11 is 0. The molecule has 1 aliphatic carbocycles. The van der Waals surface area contributed by atoms with Crippen molar-refractivity contribution in [2.45, 2.75) is 18.8 Å². The molecule has 2 aliphatic rings. The highest BCUT2D eigenvalue weighted by Gasteiger charge is 2.29. The second-order valence-electron chi connectivity index (χ2n) is 6.27. The molecule has 4 nitrogen and oxygen atoms in total. The van der Waals surface area contributed by atoms with Crippen LogP contribution in [-0.2, 0) is 0 Å². The number of hydrogen-bond acceptors (Lipinski definition) is 4. The fourth-order valence-corrected chi connectivity index (χ4v) is 2.92. The van der Waals surface area contributed by atoms with Crippen LogP contribution >= 0.6 is 0 Å². The second kappa shape index (κ2) is 7.85. The molecule has 1 aliphatic heterocycles. The van der Waals surface area contributed by atoms with E-state index in [-0.39, 0.29) is 5.75 Å². The van der Waals surface area contributed by atoms with Gasteiger partial charge in [-0.1, -0.05) is 18.2 Å². The van der Waals surface area contributed by atoms with Crippen molar-refractivity contribution in [3.05, 3.63) is 59.5 Å². The van der Waals surface area contributed by atoms with Crippen LogP contribution in [0.25, 0.3) is 0 Å². The first-order valence-corrected chi connectivity index (χ1v) is 8.41. The molecule has 0 fully saturated rings. The van der Waals surface area contributed by atoms with E-state index in [0.29, 0.717) is 36.5 Å². The van der Waals surface area contributed by atoms with E-state index in [1.54, 1.807) is 30.4 Å². The van der Waals surface area contributed by atoms with Crippen molar-refractivity contribution >= 4 is 11.9 Å². The van der Waals surface area contributed by atoms with Gasteiger partial charge in [-0.3, -0.25) is 0 Å². The van der Waals surface area contributed by atoms with E-state index in [1.807, 2.05) is 4.90 Å². The molecular formula is C19H19F4N3O. The number of ether oxygens (including phenoxy) is 1. The lowest BCUT2D eigenvalue weighted by Gasteiger charge is -2.23. The maximum Gasteiger partial charge on any atom is 0.422 e. The molecule has 0 aromatic heterocycles. The minimum atomic E-state index is -4.43. The highest BCUT2D eigenvalue weighted by Crippen LogP contribution is 2.30. The summed E-state index contributed by atoms with van der Waals surface area (Å²) in [6, 6.07) is 6.36. The van der Waals surface area contributed by atoms with Crippen LogP contribution < -0.4 is 10.1 Å². The average molecular weight is 381 g/mol. The standard InChI is InChI=1S/C19H19F4N3O/c20-14-5-7-15(8-6-14)26-10-13(9-24)17(11-26)25-16-3-1-2-4-18(16)27-12-19(21,22)23/h1-5,7-9,14,24-25H,6,10-12H2. The van der Waals surface area contributed by atoms with Crippen LogP contribution in [0.15, 0.2) is 59.5 Å². The number of alkyl halides is 4. The Bertz CT molecular complexity index is 798. The Hall–Kier alpha value is -2.77. The van der Waals surface area contributed by atoms with Crippen molar-refractivity contribution in [3.63, 3.8) is 0 Å². The zero-order valence-electron chi connectivity index (χ0n) is 14.4. The van der Waals surface area contributed by atoms with Crippen LogP contribution in [0.5, 0.6) is 5.75 Å². The number of benzene rings is 1. The summed E-state index contributed by atoms with van der Waals surface area (Å²) in [5.74, 6) is 0.0853. The largest absolute Gasteiger partial charge is 0.482 e. The van der Waals surface area contributed by atoms with Gasteiger partial charge in [-0.25, -0.2) is 4.39 Å². The molecule has 3 rings (SSSR count). The maximum atomic E-state index is 13.2. The minimum Gasteiger partial charge on any atom is -0.482 e. The number of nitrogens with zero attached hydrogens (tertiary/aromatic N) is 1. The van der Waals surface area contributed by atoms with Gasteiger partial charge < -0.3 is 20.4 Å². The van der Waals surface area contributed by atoms with Gasteiger partial charge in [0.2, 0.25) is 0 Å². The first-order chi connectivity index (χ1) is 12.9. The van der Waals surface area contributed by atoms with E-state index >= 15 is 0 Å². The Labute approximate surface area is 154 Å². The van der Waals surface area contributed by atoms with Crippen molar-refractivity contribution in [2.75, 3.05) is 25.0 Å². The predicted octanol–water partition coefficient (Wildman–Crippen LogP) is 4.44. The van der Waals surface area contributed by atoms with Gasteiger partial charge in [-0.05, 0) is 24.3 Å². The van der Waals surface area contributed by atoms with Crippen molar-refractivity contribution < 1.29 is 22.3 Å². The van der Waals surface area contributed by atoms with E-state index < -0.39 is 19.0 Å². The van der Waals surface area contributed by atoms with Crippen LogP contribution in [0, 0.1) is 5.41 Å². The zero-order valence-corrected chi connectivity index (χ0v) is 14.4. The smallest absolute Gasteiger partial charge is 0.422 e. The van der Waals surface area contributed by atoms with Crippen LogP contribution in [0.2, 0.25) is 0 Å². The summed E-state index contributed by atoms with van der Waals surface area (Å²) in [4.78, 5) is 1.98. The van der Waals surface area contributed by atoms with Gasteiger partial charge >= 0.3 is 6.18 Å². The maximum absolute atomic E-state index is 13.2. The second-order valence-corrected chi connectivity index (χ2v) is 6.27. The molecular weight excluding hydrogens is 362 g/mol. The van der Waals surface area contributed by atoms with Crippen molar-refractivity contribution in [2.24, 2.45) is 0 Å². The summed E-state index contributed by atoms with van der Waals surface area (Å²) < 4.78 is 55.5. The molecule has 1 unspecified atom stereocenters. The van der Waals surface area contributed by atoms with Gasteiger partial charge in [0.25, 0.3) is 0 Å². The average Bonchev–Trinajstić information content (AvgIpc) is 3.04. The molecule has 1 heterocycles. The highest BCUT2D eigenvalue weighted by atomic mass is 19.4. The van der Waals surface area contributed by atoms with E-state index in [4.69, 9.17) is 10.1 Å². The van der Waals surface area contributed by atoms with Gasteiger partial charge in [-0.2, -0.15) is 13.2 Å². The van der Waals surface area contributed by atoms with Gasteiger partial charge in [0.1, 0.15) is 11.9 Å². The molecule has 8 heteroatoms. The monoisotopic (exact) mass is 381 g/mol. The Morgan fingerprint density at radius 3 is 2.70 bits per heavy atom. The third kappa shape index (κ3) is 4.90. The lowest BCUT2D eigenvalue weighted by molar-refractivity contribution is -0.153. The van der Waals surface area contributed by atoms with Crippen LogP contribution in [0.1, 0.15) is 6.42 Å². The van der Waals surface area contributed by atoms with Crippen LogP contribution in [-0.4, -0.2) is 43.2 Å². The Kier molecular flexibility index (Phi) is 5.53. The van der Waals surface area contributed by atoms with Gasteiger partial charge in [0.15, 0.2) is 6.61 Å². The number of anilines is 1. The molecule has 1 atom stereocenters. The Morgan fingerprint density at radius 2 is 2.04 bits per heavy atom. The van der Waals surface area contributed by atoms with Crippen molar-refractivity contribution in [1.82, 2.24) is 4.90 Å². The first kappa shape index (κ1) is 19.0. The number of para-hydroxylation sites is 2. The molecule has 144 valence electrons. The topological polar surface area (TPSA) is 48.4 Å². The van der Waals surface area contributed by atoms with E-state index in [1.165, 1.54) is 18.4 Å². The van der Waals surface area contributed by atoms with Crippen molar-refractivity contribution in [1.29, 1.82) is 5.41 Å². The highest BCUT2D eigenvalue weighted by molar-refractivity contribution is 5.80. The summed E-state index contributed by atoms with van der Waals surface area (Å²) in [5.41, 5.74) is 2.67. The third-order valence-electron chi connectivity index (χ3n) is 4.23. The molecule has 27 heavy (non-hydrogen) atoms. The van der Waals surface area contributed by atoms with Gasteiger partial charge in [0, 0.05) is 36.1 Å². The van der Waals surface area contributed by atoms with Crippen LogP contribution in [0.3, 0.4) is 0 Å². The molecule has 0 spiro atoms. The van der Waals surface area contributed by atoms with E-state index in [0.717, 1.165) is 5.70 Å². The van der Waals surface area contributed by atoms with Gasteiger partial charge in [0.05, 0.1) is 12.2 Å². The normalized spacial score (nSPS) is 19.9. The molecule has 0 amide bonds. The first-order valence-electron chi connectivity index (χ1n) is 8.41. The quantitative estimate of drug-likeness (QED) is 0.566. The van der Waals surface area contributed by atoms with Crippen molar-refractivity contribution in [3.8, 4) is 5.75 Å². The SMILES string of the molecule is N=CC1=C(Nc2ccccc2OCC(F)(F)F)CN(C2=CCC(F)C=C2)C1. The summed E-state index contributed by atoms with van der Waals surface area (Å²) in [7, 11) is 0. The molecule has 0 radical (unpaired) electrons. The number of rotatable bonds is 6. The fraction of sp³-hybridized carbons (Fsp3) is 0.316. The Morgan fingerprint density at radius 1 is 1.26 bits per heavy atom. The summed E-state index contributed by atoms with van der Waals surface area (Å²) in [6.45, 7) is -0.480.